The number of aromatic amines is 2. The highest BCUT2D eigenvalue weighted by molar-refractivity contribution is 6.18. The molecule has 24 heteroatoms. The molecule has 24 nitrogen and oxygen atoms in total. The van der Waals surface area contributed by atoms with Gasteiger partial charge in [0.2, 0.25) is 35.4 Å². The van der Waals surface area contributed by atoms with Crippen LogP contribution in [0.3, 0.4) is 0 Å². The fourth-order valence-corrected chi connectivity index (χ4v) is 16.0. The number of likely N-dealkylation sites (N-methyl/N-ethyl adjacent to an activating group) is 2. The van der Waals surface area contributed by atoms with Crippen molar-refractivity contribution >= 4 is 90.7 Å². The molecule has 6 aliphatic rings. The number of primary amides is 2. The number of nitrogens with zero attached hydrogens (tertiary/aromatic N) is 12. The summed E-state index contributed by atoms with van der Waals surface area (Å²) in [5.74, 6) is -1.41. The molecule has 4 aliphatic carbocycles. The molecule has 8 aromatic heterocycles. The quantitative estimate of drug-likeness (QED) is 0.0728. The van der Waals surface area contributed by atoms with Gasteiger partial charge in [-0.05, 0) is 99.6 Å². The van der Waals surface area contributed by atoms with Gasteiger partial charge in [0.05, 0.1) is 92.6 Å². The molecule has 2 aromatic carbocycles. The van der Waals surface area contributed by atoms with Crippen molar-refractivity contribution in [3.8, 4) is 44.8 Å². The number of hydrogen-bond donors (Lipinski definition) is 6. The molecule has 0 radical (unpaired) electrons. The lowest BCUT2D eigenvalue weighted by atomic mass is 9.65. The highest BCUT2D eigenvalue weighted by atomic mass is 16.2. The molecule has 0 saturated heterocycles. The average molecular weight is 1220 g/mol. The highest BCUT2D eigenvalue weighted by Crippen LogP contribution is 2.58. The number of carbonyl (C=O) groups excluding carboxylic acids is 6. The third kappa shape index (κ3) is 8.45. The third-order valence-electron chi connectivity index (χ3n) is 20.7. The van der Waals surface area contributed by atoms with E-state index in [-0.39, 0.29) is 48.6 Å². The number of anilines is 2. The molecular formula is C66H70N18O6. The van der Waals surface area contributed by atoms with Gasteiger partial charge >= 0.3 is 0 Å². The summed E-state index contributed by atoms with van der Waals surface area (Å²) < 4.78 is 52.9. The molecule has 8 N–H and O–H groups in total. The molecule has 16 rings (SSSR count). The maximum absolute atomic E-state index is 14.3. The summed E-state index contributed by atoms with van der Waals surface area (Å²) in [7, 11) is 7.19. The van der Waals surface area contributed by atoms with Gasteiger partial charge in [-0.25, -0.2) is 9.97 Å². The van der Waals surface area contributed by atoms with Crippen LogP contribution >= 0.6 is 0 Å². The van der Waals surface area contributed by atoms with E-state index in [0.717, 1.165) is 88.9 Å². The molecule has 6 amide bonds. The number of amides is 6. The fraction of sp³-hybridized carbons (Fsp3) is 0.394. The second-order valence-corrected chi connectivity index (χ2v) is 26.0. The lowest BCUT2D eigenvalue weighted by Crippen LogP contribution is -2.50. The fourth-order valence-electron chi connectivity index (χ4n) is 16.0. The molecule has 90 heavy (non-hydrogen) atoms. The van der Waals surface area contributed by atoms with Crippen molar-refractivity contribution in [2.75, 3.05) is 23.9 Å². The monoisotopic (exact) mass is 1220 g/mol. The molecule has 2 aliphatic heterocycles. The van der Waals surface area contributed by atoms with Gasteiger partial charge in [-0.15, -0.1) is 0 Å². The predicted molar refractivity (Wildman–Crippen MR) is 338 cm³/mol. The Morgan fingerprint density at radius 3 is 1.36 bits per heavy atom. The van der Waals surface area contributed by atoms with Crippen LogP contribution < -0.4 is 31.9 Å². The van der Waals surface area contributed by atoms with Gasteiger partial charge in [0.1, 0.15) is 11.3 Å². The first-order chi connectivity index (χ1) is 45.6. The number of rotatable bonds is 12. The van der Waals surface area contributed by atoms with Crippen LogP contribution in [-0.2, 0) is 67.6 Å². The van der Waals surface area contributed by atoms with Crippen molar-refractivity contribution < 1.29 is 37.0 Å². The molecule has 4 atom stereocenters. The molecule has 0 unspecified atom stereocenters. The maximum Gasteiger partial charge on any atom is 0.237 e. The van der Waals surface area contributed by atoms with Gasteiger partial charge in [0.25, 0.3) is 0 Å². The Hall–Kier alpha value is -10.0. The van der Waals surface area contributed by atoms with Crippen molar-refractivity contribution in [3.63, 3.8) is 0 Å². The summed E-state index contributed by atoms with van der Waals surface area (Å²) in [5, 5.41) is 26.4. The Labute approximate surface area is 524 Å². The summed E-state index contributed by atoms with van der Waals surface area (Å²) in [6.45, 7) is -4.86. The summed E-state index contributed by atoms with van der Waals surface area (Å²) in [6, 6.07) is 10.5. The second-order valence-electron chi connectivity index (χ2n) is 26.0. The van der Waals surface area contributed by atoms with E-state index in [2.05, 4.69) is 41.0 Å². The smallest absolute Gasteiger partial charge is 0.237 e. The third-order valence-corrected chi connectivity index (χ3v) is 20.7. The Morgan fingerprint density at radius 1 is 0.578 bits per heavy atom. The summed E-state index contributed by atoms with van der Waals surface area (Å²) in [6.07, 6.45) is 21.2. The van der Waals surface area contributed by atoms with Crippen molar-refractivity contribution in [3.05, 3.63) is 97.1 Å². The Balaban J connectivity index is 0.000000158. The molecular weight excluding hydrogens is 1140 g/mol. The molecule has 10 aromatic rings. The minimum absolute atomic E-state index is 0.0208. The lowest BCUT2D eigenvalue weighted by Gasteiger charge is -2.40. The summed E-state index contributed by atoms with van der Waals surface area (Å²) in [5.41, 5.74) is 19.3. The largest absolute Gasteiger partial charge is 0.370 e. The number of aromatic nitrogens is 12. The standard InChI is InChI=1S/2C33H35N9O3/c2*1-40-17-20(15-36-40)28-25(18-5-6-22-19(11-18)14-37-42(22)3)26-27-23(16-35-29(26)39-28)41(2)31(45)33(27)10-7-21(12-33)38-30(44)32(8-4-9-32)13-24(34)43/h2*5-6,11,14-17,21H,4,7-10,12-13H2,1-3H3,(H2,34,43)(H,35,39)(H,38,44)/t2*21-,33-/m10/s1/i2*3D3. The number of aryl methyl sites for hydroxylation is 4. The number of nitrogens with two attached hydrogens (primary N) is 2. The number of hydrogen-bond acceptors (Lipinski definition) is 12. The van der Waals surface area contributed by atoms with Crippen molar-refractivity contribution in [1.82, 2.24) is 69.7 Å². The van der Waals surface area contributed by atoms with E-state index in [9.17, 15) is 28.8 Å². The first-order valence-corrected chi connectivity index (χ1v) is 30.4. The first-order valence-electron chi connectivity index (χ1n) is 33.4. The normalized spacial score (nSPS) is 23.2. The zero-order chi connectivity index (χ0) is 67.5. The van der Waals surface area contributed by atoms with E-state index in [4.69, 9.17) is 29.7 Å². The van der Waals surface area contributed by atoms with Crippen LogP contribution in [0.15, 0.2) is 86.0 Å². The Morgan fingerprint density at radius 2 is 1.00 bits per heavy atom. The molecule has 4 fully saturated rings. The van der Waals surface area contributed by atoms with Gasteiger partial charge in [-0.2, -0.15) is 20.4 Å². The number of pyridine rings is 2. The molecule has 10 heterocycles. The van der Waals surface area contributed by atoms with Crippen LogP contribution in [-0.4, -0.2) is 121 Å². The highest BCUT2D eigenvalue weighted by Gasteiger charge is 2.58. The number of fused-ring (bicyclic) bond motifs is 10. The topological polar surface area (TPSA) is 314 Å². The zero-order valence-electron chi connectivity index (χ0n) is 56.1. The van der Waals surface area contributed by atoms with Gasteiger partial charge < -0.3 is 41.9 Å². The summed E-state index contributed by atoms with van der Waals surface area (Å²) >= 11 is 0. The lowest BCUT2D eigenvalue weighted by molar-refractivity contribution is -0.141. The number of benzene rings is 2. The van der Waals surface area contributed by atoms with Crippen LogP contribution in [0.4, 0.5) is 11.4 Å². The zero-order valence-corrected chi connectivity index (χ0v) is 50.1. The van der Waals surface area contributed by atoms with E-state index >= 15 is 0 Å². The van der Waals surface area contributed by atoms with Crippen molar-refractivity contribution in [1.29, 1.82) is 0 Å². The predicted octanol–water partition coefficient (Wildman–Crippen LogP) is 6.89. The van der Waals surface area contributed by atoms with Crippen molar-refractivity contribution in [2.45, 2.75) is 113 Å². The van der Waals surface area contributed by atoms with Crippen LogP contribution in [0.2, 0.25) is 0 Å². The van der Waals surface area contributed by atoms with Gasteiger partial charge in [0.15, 0.2) is 0 Å². The van der Waals surface area contributed by atoms with E-state index in [1.165, 1.54) is 0 Å². The number of H-pyrrole nitrogens is 2. The van der Waals surface area contributed by atoms with E-state index in [0.29, 0.717) is 109 Å². The van der Waals surface area contributed by atoms with Gasteiger partial charge in [-0.1, -0.05) is 25.0 Å². The van der Waals surface area contributed by atoms with Crippen LogP contribution in [0, 0.1) is 10.8 Å². The van der Waals surface area contributed by atoms with Gasteiger partial charge in [0, 0.05) is 143 Å². The number of nitrogens with one attached hydrogen (secondary N) is 4. The van der Waals surface area contributed by atoms with E-state index in [1.54, 1.807) is 82.6 Å². The summed E-state index contributed by atoms with van der Waals surface area (Å²) in [4.78, 5) is 99.3. The van der Waals surface area contributed by atoms with Crippen LogP contribution in [0.1, 0.15) is 109 Å². The molecule has 0 bridgehead atoms. The van der Waals surface area contributed by atoms with E-state index < -0.39 is 47.4 Å². The van der Waals surface area contributed by atoms with Crippen molar-refractivity contribution in [2.24, 2.45) is 50.3 Å². The van der Waals surface area contributed by atoms with Crippen LogP contribution in [0.5, 0.6) is 0 Å². The minimum Gasteiger partial charge on any atom is -0.370 e. The van der Waals surface area contributed by atoms with Crippen LogP contribution in [0.25, 0.3) is 88.6 Å². The minimum atomic E-state index is -2.43. The Kier molecular flexibility index (Phi) is 11.2. The second kappa shape index (κ2) is 20.3. The Bertz CT molecular complexity index is 4660. The molecule has 460 valence electrons. The van der Waals surface area contributed by atoms with E-state index in [1.807, 2.05) is 50.8 Å². The maximum atomic E-state index is 14.3. The molecule has 2 spiro atoms. The average Bonchev–Trinajstić information content (AvgIpc) is 1.54. The molecule has 4 saturated carbocycles. The van der Waals surface area contributed by atoms with Gasteiger partial charge in [-0.3, -0.25) is 47.5 Å². The SMILES string of the molecule is [2H]C([2H])([2H])n1ncc2cc(-c3c(-c4cnn(C)c4)[nH]c4ncc5c(c34)[C@@]3(CC[C@H](NC(=O)C4(CC(N)=O)CCC4)C3)C(=O)N5C)ccc21.[2H]C([2H])([2H])n1ncc2cc(-c3c(-c4cnn(C)c4)[nH]c4ncc5c(c34)[C@]3(CC[C@@H](NC(=O)C4(CC(N)=O)CCC4)C3)C(=O)N5C)ccc21. The first kappa shape index (κ1) is 49.9. The number of carbonyl (C=O) groups is 6.